The van der Waals surface area contributed by atoms with E-state index >= 15 is 0 Å². The molecule has 0 unspecified atom stereocenters. The van der Waals surface area contributed by atoms with E-state index in [4.69, 9.17) is 0 Å². The molecule has 0 spiro atoms. The zero-order valence-corrected chi connectivity index (χ0v) is 14.4. The Morgan fingerprint density at radius 3 is 2.50 bits per heavy atom. The summed E-state index contributed by atoms with van der Waals surface area (Å²) in [6.45, 7) is 2.68. The van der Waals surface area contributed by atoms with Crippen molar-refractivity contribution >= 4 is 17.5 Å². The molecule has 0 saturated carbocycles. The Bertz CT molecular complexity index is 896. The Labute approximate surface area is 151 Å². The van der Waals surface area contributed by atoms with Crippen LogP contribution in [0, 0.1) is 12.7 Å². The van der Waals surface area contributed by atoms with E-state index in [1.165, 1.54) is 11.6 Å². The molecule has 2 aromatic carbocycles. The Morgan fingerprint density at radius 2 is 1.77 bits per heavy atom. The van der Waals surface area contributed by atoms with Crippen LogP contribution in [-0.4, -0.2) is 16.1 Å². The fourth-order valence-electron chi connectivity index (χ4n) is 2.51. The number of aromatic nitrogens is 2. The van der Waals surface area contributed by atoms with Gasteiger partial charge in [-0.3, -0.25) is 4.79 Å². The fourth-order valence-corrected chi connectivity index (χ4v) is 2.51. The second-order valence-corrected chi connectivity index (χ2v) is 5.96. The van der Waals surface area contributed by atoms with Gasteiger partial charge in [-0.15, -0.1) is 10.2 Å². The number of rotatable bonds is 6. The third-order valence-corrected chi connectivity index (χ3v) is 3.80. The van der Waals surface area contributed by atoms with Gasteiger partial charge >= 0.3 is 0 Å². The lowest BCUT2D eigenvalue weighted by Crippen LogP contribution is -2.16. The van der Waals surface area contributed by atoms with E-state index in [2.05, 4.69) is 26.9 Å². The number of hydrogen-bond acceptors (Lipinski definition) is 4. The second-order valence-electron chi connectivity index (χ2n) is 5.96. The van der Waals surface area contributed by atoms with Gasteiger partial charge in [0.05, 0.1) is 6.42 Å². The van der Waals surface area contributed by atoms with Crippen molar-refractivity contribution in [3.05, 3.63) is 83.2 Å². The molecule has 1 amide bonds. The lowest BCUT2D eigenvalue weighted by molar-refractivity contribution is -0.115. The number of aryl methyl sites for hydroxylation is 1. The van der Waals surface area contributed by atoms with Crippen LogP contribution in [0.15, 0.2) is 60.7 Å². The van der Waals surface area contributed by atoms with Crippen LogP contribution in [0.5, 0.6) is 0 Å². The first kappa shape index (κ1) is 17.5. The summed E-state index contributed by atoms with van der Waals surface area (Å²) < 4.78 is 13.6. The molecule has 0 aliphatic carbocycles. The molecule has 0 radical (unpaired) electrons. The highest BCUT2D eigenvalue weighted by atomic mass is 19.1. The van der Waals surface area contributed by atoms with Crippen molar-refractivity contribution in [3.63, 3.8) is 0 Å². The minimum Gasteiger partial charge on any atom is -0.365 e. The van der Waals surface area contributed by atoms with Crippen LogP contribution in [0.2, 0.25) is 0 Å². The molecule has 0 atom stereocenters. The van der Waals surface area contributed by atoms with Crippen molar-refractivity contribution < 1.29 is 9.18 Å². The lowest BCUT2D eigenvalue weighted by atomic mass is 10.1. The van der Waals surface area contributed by atoms with Gasteiger partial charge in [0.25, 0.3) is 0 Å². The van der Waals surface area contributed by atoms with Gasteiger partial charge in [0.2, 0.25) is 5.91 Å². The summed E-state index contributed by atoms with van der Waals surface area (Å²) >= 11 is 0. The molecule has 0 aliphatic rings. The van der Waals surface area contributed by atoms with Crippen molar-refractivity contribution in [1.82, 2.24) is 10.2 Å². The molecule has 2 N–H and O–H groups in total. The monoisotopic (exact) mass is 350 g/mol. The average Bonchev–Trinajstić information content (AvgIpc) is 2.63. The SMILES string of the molecule is Cc1cccc(CNc2ccc(NC(=O)Cc3ccccc3F)nn2)c1. The van der Waals surface area contributed by atoms with Gasteiger partial charge in [0.15, 0.2) is 5.82 Å². The zero-order valence-electron chi connectivity index (χ0n) is 14.4. The minimum absolute atomic E-state index is 0.0539. The highest BCUT2D eigenvalue weighted by Gasteiger charge is 2.09. The number of amides is 1. The maximum Gasteiger partial charge on any atom is 0.230 e. The van der Waals surface area contributed by atoms with Gasteiger partial charge in [-0.05, 0) is 36.2 Å². The lowest BCUT2D eigenvalue weighted by Gasteiger charge is -2.08. The quantitative estimate of drug-likeness (QED) is 0.711. The van der Waals surface area contributed by atoms with Crippen LogP contribution < -0.4 is 10.6 Å². The van der Waals surface area contributed by atoms with E-state index in [1.807, 2.05) is 25.1 Å². The van der Waals surface area contributed by atoms with Crippen LogP contribution in [0.3, 0.4) is 0 Å². The molecular weight excluding hydrogens is 331 g/mol. The molecule has 132 valence electrons. The molecule has 0 saturated heterocycles. The predicted molar refractivity (Wildman–Crippen MR) is 99.3 cm³/mol. The van der Waals surface area contributed by atoms with Crippen LogP contribution in [0.25, 0.3) is 0 Å². The van der Waals surface area contributed by atoms with E-state index in [9.17, 15) is 9.18 Å². The van der Waals surface area contributed by atoms with E-state index in [1.54, 1.807) is 30.3 Å². The summed E-state index contributed by atoms with van der Waals surface area (Å²) in [6.07, 6.45) is -0.0539. The first-order valence-electron chi connectivity index (χ1n) is 8.26. The van der Waals surface area contributed by atoms with Gasteiger partial charge in [0, 0.05) is 6.54 Å². The smallest absolute Gasteiger partial charge is 0.230 e. The molecule has 6 heteroatoms. The van der Waals surface area contributed by atoms with Gasteiger partial charge < -0.3 is 10.6 Å². The van der Waals surface area contributed by atoms with Gasteiger partial charge in [0.1, 0.15) is 11.6 Å². The Hall–Kier alpha value is -3.28. The summed E-state index contributed by atoms with van der Waals surface area (Å²) in [5.74, 6) is 0.195. The summed E-state index contributed by atoms with van der Waals surface area (Å²) in [5, 5.41) is 13.8. The van der Waals surface area contributed by atoms with Crippen molar-refractivity contribution in [2.24, 2.45) is 0 Å². The number of carbonyl (C=O) groups excluding carboxylic acids is 1. The van der Waals surface area contributed by atoms with Crippen LogP contribution in [0.4, 0.5) is 16.0 Å². The summed E-state index contributed by atoms with van der Waals surface area (Å²) in [5.41, 5.74) is 2.69. The topological polar surface area (TPSA) is 66.9 Å². The number of hydrogen-bond donors (Lipinski definition) is 2. The third kappa shape index (κ3) is 4.86. The van der Waals surface area contributed by atoms with Crippen molar-refractivity contribution in [2.45, 2.75) is 19.9 Å². The van der Waals surface area contributed by atoms with Crippen molar-refractivity contribution in [2.75, 3.05) is 10.6 Å². The first-order chi connectivity index (χ1) is 12.6. The molecule has 0 bridgehead atoms. The number of nitrogens with zero attached hydrogens (tertiary/aromatic N) is 2. The van der Waals surface area contributed by atoms with Crippen LogP contribution in [-0.2, 0) is 17.8 Å². The second kappa shape index (κ2) is 8.20. The molecule has 0 fully saturated rings. The molecule has 5 nitrogen and oxygen atoms in total. The number of nitrogens with one attached hydrogen (secondary N) is 2. The molecule has 1 aromatic heterocycles. The average molecular weight is 350 g/mol. The fraction of sp³-hybridized carbons (Fsp3) is 0.150. The van der Waals surface area contributed by atoms with Crippen LogP contribution >= 0.6 is 0 Å². The first-order valence-corrected chi connectivity index (χ1v) is 8.26. The summed E-state index contributed by atoms with van der Waals surface area (Å²) in [6, 6.07) is 17.8. The molecule has 1 heterocycles. The number of carbonyl (C=O) groups is 1. The van der Waals surface area contributed by atoms with Crippen molar-refractivity contribution in [3.8, 4) is 0 Å². The predicted octanol–water partition coefficient (Wildman–Crippen LogP) is 3.72. The minimum atomic E-state index is -0.399. The zero-order chi connectivity index (χ0) is 18.4. The largest absolute Gasteiger partial charge is 0.365 e. The standard InChI is InChI=1S/C20H19FN4O/c1-14-5-4-6-15(11-14)13-22-18-9-10-19(25-24-18)23-20(26)12-16-7-2-3-8-17(16)21/h2-11H,12-13H2,1H3,(H,22,24)(H,23,25,26). The van der Waals surface area contributed by atoms with E-state index < -0.39 is 5.82 Å². The highest BCUT2D eigenvalue weighted by molar-refractivity contribution is 5.91. The maximum atomic E-state index is 13.6. The Morgan fingerprint density at radius 1 is 1.00 bits per heavy atom. The molecule has 0 aliphatic heterocycles. The number of benzene rings is 2. The molecule has 3 rings (SSSR count). The maximum absolute atomic E-state index is 13.6. The Balaban J connectivity index is 1.54. The summed E-state index contributed by atoms with van der Waals surface area (Å²) in [7, 11) is 0. The van der Waals surface area contributed by atoms with E-state index in [0.717, 1.165) is 5.56 Å². The number of halogens is 1. The van der Waals surface area contributed by atoms with E-state index in [0.29, 0.717) is 23.7 Å². The van der Waals surface area contributed by atoms with Gasteiger partial charge in [-0.25, -0.2) is 4.39 Å². The van der Waals surface area contributed by atoms with Crippen molar-refractivity contribution in [1.29, 1.82) is 0 Å². The molecular formula is C20H19FN4O. The molecule has 3 aromatic rings. The van der Waals surface area contributed by atoms with Gasteiger partial charge in [-0.1, -0.05) is 48.0 Å². The molecule has 26 heavy (non-hydrogen) atoms. The van der Waals surface area contributed by atoms with Gasteiger partial charge in [-0.2, -0.15) is 0 Å². The Kier molecular flexibility index (Phi) is 5.53. The third-order valence-electron chi connectivity index (χ3n) is 3.80. The number of anilines is 2. The van der Waals surface area contributed by atoms with Crippen LogP contribution in [0.1, 0.15) is 16.7 Å². The highest BCUT2D eigenvalue weighted by Crippen LogP contribution is 2.11. The normalized spacial score (nSPS) is 10.4. The van der Waals surface area contributed by atoms with E-state index in [-0.39, 0.29) is 12.3 Å². The summed E-state index contributed by atoms with van der Waals surface area (Å²) in [4.78, 5) is 12.0.